The van der Waals surface area contributed by atoms with E-state index in [4.69, 9.17) is 0 Å². The molecule has 0 amide bonds. The predicted molar refractivity (Wildman–Crippen MR) is 46.4 cm³/mol. The third kappa shape index (κ3) is 2.24. The first-order valence-electron chi connectivity index (χ1n) is 4.08. The van der Waals surface area contributed by atoms with E-state index < -0.39 is 0 Å². The van der Waals surface area contributed by atoms with E-state index in [1.54, 1.807) is 0 Å². The first kappa shape index (κ1) is 8.54. The summed E-state index contributed by atoms with van der Waals surface area (Å²) in [5.74, 6) is 0.609. The van der Waals surface area contributed by atoms with Gasteiger partial charge in [0.05, 0.1) is 6.10 Å². The molecule has 1 nitrogen and oxygen atoms in total. The van der Waals surface area contributed by atoms with E-state index in [9.17, 15) is 5.11 Å². The molecule has 1 aliphatic rings. The molecule has 0 aromatic carbocycles. The topological polar surface area (TPSA) is 20.2 Å². The summed E-state index contributed by atoms with van der Waals surface area (Å²) in [5.41, 5.74) is 0. The van der Waals surface area contributed by atoms with E-state index in [-0.39, 0.29) is 6.10 Å². The first-order chi connectivity index (χ1) is 4.84. The van der Waals surface area contributed by atoms with Crippen molar-refractivity contribution in [3.63, 3.8) is 0 Å². The zero-order chi connectivity index (χ0) is 7.40. The van der Waals surface area contributed by atoms with E-state index in [0.717, 1.165) is 11.8 Å². The Balaban J connectivity index is 2.14. The predicted octanol–water partition coefficient (Wildman–Crippen LogP) is 2.32. The Morgan fingerprint density at radius 2 is 2.20 bits per heavy atom. The molecule has 60 valence electrons. The average Bonchev–Trinajstić information content (AvgIpc) is 2.31. The molecule has 1 N–H and O–H groups in total. The minimum absolute atomic E-state index is 0.0130. The zero-order valence-electron chi connectivity index (χ0n) is 6.22. The van der Waals surface area contributed by atoms with Crippen molar-refractivity contribution < 1.29 is 5.11 Å². The number of alkyl halides is 1. The van der Waals surface area contributed by atoms with Crippen molar-refractivity contribution in [2.45, 2.75) is 38.2 Å². The maximum Gasteiger partial charge on any atom is 0.0568 e. The summed E-state index contributed by atoms with van der Waals surface area (Å²) in [5, 5.41) is 10.5. The normalized spacial score (nSPS) is 33.0. The second-order valence-corrected chi connectivity index (χ2v) is 3.88. The molecule has 1 saturated carbocycles. The van der Waals surface area contributed by atoms with Gasteiger partial charge in [0, 0.05) is 5.33 Å². The number of hydrogen-bond acceptors (Lipinski definition) is 1. The Kier molecular flexibility index (Phi) is 3.71. The molecule has 0 radical (unpaired) electrons. The Labute approximate surface area is 70.9 Å². The van der Waals surface area contributed by atoms with Crippen molar-refractivity contribution in [1.82, 2.24) is 0 Å². The number of aliphatic hydroxyl groups is 1. The number of aliphatic hydroxyl groups excluding tert-OH is 1. The lowest BCUT2D eigenvalue weighted by Crippen LogP contribution is -2.12. The summed E-state index contributed by atoms with van der Waals surface area (Å²) in [6.07, 6.45) is 5.93. The molecular weight excluding hydrogens is 192 g/mol. The van der Waals surface area contributed by atoms with Crippen LogP contribution in [-0.4, -0.2) is 16.5 Å². The van der Waals surface area contributed by atoms with Crippen molar-refractivity contribution in [3.8, 4) is 0 Å². The Morgan fingerprint density at radius 3 is 2.70 bits per heavy atom. The molecule has 0 aromatic heterocycles. The highest BCUT2D eigenvalue weighted by molar-refractivity contribution is 9.09. The van der Waals surface area contributed by atoms with E-state index in [2.05, 4.69) is 15.9 Å². The van der Waals surface area contributed by atoms with Crippen LogP contribution in [0.5, 0.6) is 0 Å². The summed E-state index contributed by atoms with van der Waals surface area (Å²) in [7, 11) is 0. The van der Waals surface area contributed by atoms with Crippen molar-refractivity contribution in [2.24, 2.45) is 5.92 Å². The molecule has 1 aliphatic carbocycles. The van der Waals surface area contributed by atoms with Gasteiger partial charge in [-0.25, -0.2) is 0 Å². The van der Waals surface area contributed by atoms with Crippen LogP contribution in [0.2, 0.25) is 0 Å². The molecule has 2 atom stereocenters. The maximum atomic E-state index is 9.40. The largest absolute Gasteiger partial charge is 0.393 e. The zero-order valence-corrected chi connectivity index (χ0v) is 7.81. The summed E-state index contributed by atoms with van der Waals surface area (Å²) in [6.45, 7) is 0. The lowest BCUT2D eigenvalue weighted by atomic mass is 10.0. The fraction of sp³-hybridized carbons (Fsp3) is 1.00. The van der Waals surface area contributed by atoms with E-state index >= 15 is 0 Å². The first-order valence-corrected chi connectivity index (χ1v) is 5.21. The second kappa shape index (κ2) is 4.35. The van der Waals surface area contributed by atoms with Crippen LogP contribution in [-0.2, 0) is 0 Å². The van der Waals surface area contributed by atoms with Gasteiger partial charge >= 0.3 is 0 Å². The molecule has 2 unspecified atom stereocenters. The quantitative estimate of drug-likeness (QED) is 0.704. The smallest absolute Gasteiger partial charge is 0.0568 e. The molecule has 1 fully saturated rings. The van der Waals surface area contributed by atoms with Crippen LogP contribution in [0, 0.1) is 5.92 Å². The van der Waals surface area contributed by atoms with E-state index in [1.165, 1.54) is 25.7 Å². The number of rotatable bonds is 3. The van der Waals surface area contributed by atoms with Crippen LogP contribution in [0.1, 0.15) is 32.1 Å². The molecular formula is C8H15BrO. The fourth-order valence-corrected chi connectivity index (χ4v) is 2.02. The molecule has 0 heterocycles. The molecule has 0 saturated heterocycles. The fourth-order valence-electron chi connectivity index (χ4n) is 1.69. The van der Waals surface area contributed by atoms with Crippen LogP contribution in [0.25, 0.3) is 0 Å². The van der Waals surface area contributed by atoms with Gasteiger partial charge in [-0.1, -0.05) is 22.4 Å². The van der Waals surface area contributed by atoms with Crippen molar-refractivity contribution in [3.05, 3.63) is 0 Å². The lowest BCUT2D eigenvalue weighted by molar-refractivity contribution is 0.128. The number of hydrogen-bond donors (Lipinski definition) is 1. The average molecular weight is 207 g/mol. The van der Waals surface area contributed by atoms with Gasteiger partial charge in [0.1, 0.15) is 0 Å². The minimum atomic E-state index is 0.0130. The van der Waals surface area contributed by atoms with Crippen LogP contribution in [0.15, 0.2) is 0 Å². The van der Waals surface area contributed by atoms with E-state index in [1.807, 2.05) is 0 Å². The summed E-state index contributed by atoms with van der Waals surface area (Å²) in [6, 6.07) is 0. The molecule has 0 bridgehead atoms. The van der Waals surface area contributed by atoms with Gasteiger partial charge in [-0.05, 0) is 31.6 Å². The van der Waals surface area contributed by atoms with Crippen LogP contribution in [0.3, 0.4) is 0 Å². The summed E-state index contributed by atoms with van der Waals surface area (Å²) >= 11 is 3.39. The highest BCUT2D eigenvalue weighted by Gasteiger charge is 2.23. The monoisotopic (exact) mass is 206 g/mol. The van der Waals surface area contributed by atoms with Crippen molar-refractivity contribution in [1.29, 1.82) is 0 Å². The SMILES string of the molecule is OC1CCCC1CCCBr. The second-order valence-electron chi connectivity index (χ2n) is 3.09. The van der Waals surface area contributed by atoms with Crippen molar-refractivity contribution >= 4 is 15.9 Å². The third-order valence-corrected chi connectivity index (χ3v) is 2.89. The maximum absolute atomic E-state index is 9.40. The molecule has 0 spiro atoms. The molecule has 0 aromatic rings. The van der Waals surface area contributed by atoms with Gasteiger partial charge in [0.15, 0.2) is 0 Å². The minimum Gasteiger partial charge on any atom is -0.393 e. The van der Waals surface area contributed by atoms with Gasteiger partial charge in [-0.2, -0.15) is 0 Å². The molecule has 0 aliphatic heterocycles. The van der Waals surface area contributed by atoms with Crippen molar-refractivity contribution in [2.75, 3.05) is 5.33 Å². The third-order valence-electron chi connectivity index (χ3n) is 2.33. The van der Waals surface area contributed by atoms with Gasteiger partial charge < -0.3 is 5.11 Å². The summed E-state index contributed by atoms with van der Waals surface area (Å²) < 4.78 is 0. The van der Waals surface area contributed by atoms with Gasteiger partial charge in [0.2, 0.25) is 0 Å². The Bertz CT molecular complexity index is 95.3. The highest BCUT2D eigenvalue weighted by Crippen LogP contribution is 2.29. The highest BCUT2D eigenvalue weighted by atomic mass is 79.9. The number of halogens is 1. The van der Waals surface area contributed by atoms with Gasteiger partial charge in [0.25, 0.3) is 0 Å². The van der Waals surface area contributed by atoms with Crippen LogP contribution >= 0.6 is 15.9 Å². The Hall–Kier alpha value is 0.440. The van der Waals surface area contributed by atoms with Crippen LogP contribution < -0.4 is 0 Å². The standard InChI is InChI=1S/C8H15BrO/c9-6-2-4-7-3-1-5-8(7)10/h7-8,10H,1-6H2. The molecule has 10 heavy (non-hydrogen) atoms. The summed E-state index contributed by atoms with van der Waals surface area (Å²) in [4.78, 5) is 0. The lowest BCUT2D eigenvalue weighted by Gasteiger charge is -2.12. The van der Waals surface area contributed by atoms with Gasteiger partial charge in [-0.3, -0.25) is 0 Å². The van der Waals surface area contributed by atoms with Gasteiger partial charge in [-0.15, -0.1) is 0 Å². The molecule has 1 rings (SSSR count). The molecule has 2 heteroatoms. The van der Waals surface area contributed by atoms with E-state index in [0.29, 0.717) is 5.92 Å². The van der Waals surface area contributed by atoms with Crippen LogP contribution in [0.4, 0.5) is 0 Å². The Morgan fingerprint density at radius 1 is 1.40 bits per heavy atom.